The Hall–Kier alpha value is -2.50. The van der Waals surface area contributed by atoms with Crippen LogP contribution in [0.1, 0.15) is 48.1 Å². The third-order valence-electron chi connectivity index (χ3n) is 6.02. The van der Waals surface area contributed by atoms with Gasteiger partial charge in [-0.2, -0.15) is 13.2 Å². The molecule has 0 saturated carbocycles. The molecule has 0 amide bonds. The zero-order valence-electron chi connectivity index (χ0n) is 18.5. The van der Waals surface area contributed by atoms with Gasteiger partial charge in [-0.3, -0.25) is 4.90 Å². The van der Waals surface area contributed by atoms with Crippen molar-refractivity contribution < 1.29 is 17.9 Å². The fourth-order valence-electron chi connectivity index (χ4n) is 4.29. The maximum atomic E-state index is 13.6. The summed E-state index contributed by atoms with van der Waals surface area (Å²) in [5.74, 6) is 0.217. The van der Waals surface area contributed by atoms with Gasteiger partial charge in [-0.15, -0.1) is 11.6 Å². The molecule has 2 nitrogen and oxygen atoms in total. The number of ether oxygens (including phenoxy) is 1. The van der Waals surface area contributed by atoms with E-state index in [0.717, 1.165) is 36.1 Å². The van der Waals surface area contributed by atoms with Crippen molar-refractivity contribution >= 4 is 11.6 Å². The van der Waals surface area contributed by atoms with Gasteiger partial charge in [0, 0.05) is 13.1 Å². The molecule has 0 atom stereocenters. The van der Waals surface area contributed by atoms with E-state index < -0.39 is 16.6 Å². The summed E-state index contributed by atoms with van der Waals surface area (Å²) in [4.78, 5) is 1.29. The molecule has 1 saturated heterocycles. The number of benzene rings is 3. The van der Waals surface area contributed by atoms with Crippen molar-refractivity contribution in [3.8, 4) is 5.75 Å². The van der Waals surface area contributed by atoms with Gasteiger partial charge in [-0.25, -0.2) is 0 Å². The van der Waals surface area contributed by atoms with Gasteiger partial charge in [0.25, 0.3) is 0 Å². The third-order valence-corrected chi connectivity index (χ3v) is 6.48. The lowest BCUT2D eigenvalue weighted by Gasteiger charge is -2.50. The summed E-state index contributed by atoms with van der Waals surface area (Å²) in [6, 6.07) is 24.0. The summed E-state index contributed by atoms with van der Waals surface area (Å²) in [5, 5.41) is 0. The molecule has 4 rings (SSSR count). The minimum absolute atomic E-state index is 0.0228. The van der Waals surface area contributed by atoms with Crippen LogP contribution in [0.25, 0.3) is 0 Å². The molecule has 1 aliphatic heterocycles. The largest absolute Gasteiger partial charge is 0.494 e. The molecule has 1 heterocycles. The number of nitrogens with zero attached hydrogens (tertiary/aromatic N) is 1. The second kappa shape index (κ2) is 9.78. The molecule has 1 aliphatic rings. The van der Waals surface area contributed by atoms with E-state index in [1.807, 2.05) is 43.3 Å². The number of likely N-dealkylation sites (tertiary alicyclic amines) is 1. The lowest BCUT2D eigenvalue weighted by molar-refractivity contribution is -0.137. The molecule has 6 heteroatoms. The van der Waals surface area contributed by atoms with Crippen LogP contribution in [0.15, 0.2) is 78.9 Å². The first kappa shape index (κ1) is 23.7. The number of hydrogen-bond donors (Lipinski definition) is 0. The molecule has 0 N–H and O–H groups in total. The standard InChI is InChI=1S/C27H27ClF3NO/c1-2-3-14-33-24-16-22(15-23(17-24)27(29,30)31)26(28)18-32(19-26)25(20-10-6-4-7-11-20)21-12-8-5-9-13-21/h4-13,15-17,25H,2-3,14,18-19H2,1H3. The highest BCUT2D eigenvalue weighted by Gasteiger charge is 2.47. The minimum Gasteiger partial charge on any atom is -0.494 e. The predicted molar refractivity (Wildman–Crippen MR) is 126 cm³/mol. The van der Waals surface area contributed by atoms with Gasteiger partial charge in [0.05, 0.1) is 23.1 Å². The molecule has 33 heavy (non-hydrogen) atoms. The highest BCUT2D eigenvalue weighted by atomic mass is 35.5. The molecule has 0 unspecified atom stereocenters. The molecule has 0 bridgehead atoms. The van der Waals surface area contributed by atoms with Crippen LogP contribution in [0, 0.1) is 0 Å². The van der Waals surface area contributed by atoms with E-state index in [1.54, 1.807) is 6.07 Å². The van der Waals surface area contributed by atoms with Gasteiger partial charge < -0.3 is 4.74 Å². The van der Waals surface area contributed by atoms with Crippen LogP contribution >= 0.6 is 11.6 Å². The molecule has 1 fully saturated rings. The van der Waals surface area contributed by atoms with Crippen molar-refractivity contribution in [1.82, 2.24) is 4.90 Å². The Bertz CT molecular complexity index is 1010. The first-order valence-electron chi connectivity index (χ1n) is 11.2. The predicted octanol–water partition coefficient (Wildman–Crippen LogP) is 7.42. The lowest BCUT2D eigenvalue weighted by atomic mass is 9.85. The van der Waals surface area contributed by atoms with Crippen LogP contribution in [0.5, 0.6) is 5.75 Å². The van der Waals surface area contributed by atoms with Crippen LogP contribution in [0.3, 0.4) is 0 Å². The van der Waals surface area contributed by atoms with E-state index >= 15 is 0 Å². The zero-order chi connectivity index (χ0) is 23.5. The maximum absolute atomic E-state index is 13.6. The van der Waals surface area contributed by atoms with Gasteiger partial charge in [0.1, 0.15) is 5.75 Å². The fourth-order valence-corrected chi connectivity index (χ4v) is 4.70. The third kappa shape index (κ3) is 5.36. The Kier molecular flexibility index (Phi) is 7.01. The van der Waals surface area contributed by atoms with Crippen LogP contribution in [0.4, 0.5) is 13.2 Å². The molecule has 0 radical (unpaired) electrons. The van der Waals surface area contributed by atoms with Crippen molar-refractivity contribution in [1.29, 1.82) is 0 Å². The van der Waals surface area contributed by atoms with Crippen molar-refractivity contribution in [3.05, 3.63) is 101 Å². The number of halogens is 4. The molecule has 0 aliphatic carbocycles. The zero-order valence-corrected chi connectivity index (χ0v) is 19.2. The van der Waals surface area contributed by atoms with Gasteiger partial charge in [0.2, 0.25) is 0 Å². The fraction of sp³-hybridized carbons (Fsp3) is 0.333. The summed E-state index contributed by atoms with van der Waals surface area (Å²) in [6.45, 7) is 3.24. The van der Waals surface area contributed by atoms with E-state index in [0.29, 0.717) is 25.3 Å². The number of rotatable bonds is 8. The Labute approximate surface area is 197 Å². The molecule has 0 spiro atoms. The average molecular weight is 474 g/mol. The molecule has 3 aromatic rings. The Morgan fingerprint density at radius 2 is 1.52 bits per heavy atom. The van der Waals surface area contributed by atoms with Crippen molar-refractivity contribution in [2.75, 3.05) is 19.7 Å². The summed E-state index contributed by atoms with van der Waals surface area (Å²) in [6.07, 6.45) is -2.78. The second-order valence-electron chi connectivity index (χ2n) is 8.54. The van der Waals surface area contributed by atoms with E-state index in [-0.39, 0.29) is 11.8 Å². The van der Waals surface area contributed by atoms with E-state index in [4.69, 9.17) is 16.3 Å². The van der Waals surface area contributed by atoms with Crippen molar-refractivity contribution in [2.45, 2.75) is 36.9 Å². The number of unbranched alkanes of at least 4 members (excludes halogenated alkanes) is 1. The molecule has 3 aromatic carbocycles. The first-order valence-corrected chi connectivity index (χ1v) is 11.6. The van der Waals surface area contributed by atoms with E-state index in [9.17, 15) is 13.2 Å². The average Bonchev–Trinajstić information content (AvgIpc) is 2.79. The Morgan fingerprint density at radius 3 is 2.03 bits per heavy atom. The summed E-state index contributed by atoms with van der Waals surface area (Å²) < 4.78 is 46.4. The normalized spacial score (nSPS) is 15.9. The molecular weight excluding hydrogens is 447 g/mol. The van der Waals surface area contributed by atoms with Gasteiger partial charge in [-0.1, -0.05) is 74.0 Å². The van der Waals surface area contributed by atoms with Gasteiger partial charge >= 0.3 is 6.18 Å². The van der Waals surface area contributed by atoms with Gasteiger partial charge in [-0.05, 0) is 41.3 Å². The van der Waals surface area contributed by atoms with Crippen LogP contribution < -0.4 is 4.74 Å². The Morgan fingerprint density at radius 1 is 0.939 bits per heavy atom. The molecule has 0 aromatic heterocycles. The SMILES string of the molecule is CCCCOc1cc(C(F)(F)F)cc(C2(Cl)CN(C(c3ccccc3)c3ccccc3)C2)c1. The number of alkyl halides is 4. The van der Waals surface area contributed by atoms with E-state index in [1.165, 1.54) is 0 Å². The van der Waals surface area contributed by atoms with Crippen LogP contribution in [0.2, 0.25) is 0 Å². The molecular formula is C27H27ClF3NO. The molecule has 174 valence electrons. The van der Waals surface area contributed by atoms with E-state index in [2.05, 4.69) is 29.2 Å². The summed E-state index contributed by atoms with van der Waals surface area (Å²) in [5.41, 5.74) is 1.96. The lowest BCUT2D eigenvalue weighted by Crippen LogP contribution is -2.57. The maximum Gasteiger partial charge on any atom is 0.416 e. The smallest absolute Gasteiger partial charge is 0.416 e. The highest BCUT2D eigenvalue weighted by molar-refractivity contribution is 6.25. The number of hydrogen-bond acceptors (Lipinski definition) is 2. The van der Waals surface area contributed by atoms with Gasteiger partial charge in [0.15, 0.2) is 0 Å². The quantitative estimate of drug-likeness (QED) is 0.249. The van der Waals surface area contributed by atoms with Crippen molar-refractivity contribution in [2.24, 2.45) is 0 Å². The Balaban J connectivity index is 1.62. The van der Waals surface area contributed by atoms with Crippen LogP contribution in [-0.2, 0) is 11.1 Å². The second-order valence-corrected chi connectivity index (χ2v) is 9.26. The monoisotopic (exact) mass is 473 g/mol. The summed E-state index contributed by atoms with van der Waals surface area (Å²) in [7, 11) is 0. The highest BCUT2D eigenvalue weighted by Crippen LogP contribution is 2.46. The van der Waals surface area contributed by atoms with Crippen LogP contribution in [-0.4, -0.2) is 24.6 Å². The topological polar surface area (TPSA) is 12.5 Å². The minimum atomic E-state index is -4.47. The first-order chi connectivity index (χ1) is 15.8. The van der Waals surface area contributed by atoms with Crippen molar-refractivity contribution in [3.63, 3.8) is 0 Å². The summed E-state index contributed by atoms with van der Waals surface area (Å²) >= 11 is 6.94.